The Morgan fingerprint density at radius 2 is 2.24 bits per heavy atom. The Labute approximate surface area is 103 Å². The first kappa shape index (κ1) is 14.4. The summed E-state index contributed by atoms with van der Waals surface area (Å²) in [6.07, 6.45) is 1.79. The fourth-order valence-corrected chi connectivity index (χ4v) is 1.86. The minimum absolute atomic E-state index is 0.216. The van der Waals surface area contributed by atoms with E-state index in [0.29, 0.717) is 26.2 Å². The second kappa shape index (κ2) is 6.93. The summed E-state index contributed by atoms with van der Waals surface area (Å²) in [5.41, 5.74) is -0.608. The normalized spacial score (nSPS) is 19.5. The molecule has 0 amide bonds. The molecule has 1 aliphatic heterocycles. The molecule has 1 atom stereocenters. The summed E-state index contributed by atoms with van der Waals surface area (Å²) in [4.78, 5) is 11.7. The lowest BCUT2D eigenvalue weighted by atomic mass is 9.96. The molecule has 1 heterocycles. The van der Waals surface area contributed by atoms with Gasteiger partial charge in [0.2, 0.25) is 0 Å². The average Bonchev–Trinajstić information content (AvgIpc) is 2.25. The van der Waals surface area contributed by atoms with Crippen molar-refractivity contribution in [1.82, 2.24) is 5.32 Å². The second-order valence-electron chi connectivity index (χ2n) is 4.49. The molecule has 1 fully saturated rings. The van der Waals surface area contributed by atoms with Crippen molar-refractivity contribution in [2.45, 2.75) is 38.3 Å². The Hall–Kier alpha value is -0.650. The van der Waals surface area contributed by atoms with Gasteiger partial charge in [-0.25, -0.2) is 0 Å². The summed E-state index contributed by atoms with van der Waals surface area (Å²) < 4.78 is 15.4. The zero-order chi connectivity index (χ0) is 12.7. The van der Waals surface area contributed by atoms with Crippen LogP contribution in [0.5, 0.6) is 0 Å². The number of ether oxygens (including phenoxy) is 3. The molecule has 100 valence electrons. The van der Waals surface area contributed by atoms with Crippen molar-refractivity contribution in [3.8, 4) is 0 Å². The SMILES string of the molecule is CCNC(C)(CCCOC1COC1)C(=O)OC. The molecule has 0 radical (unpaired) electrons. The molecular formula is C12H23NO4. The van der Waals surface area contributed by atoms with Gasteiger partial charge in [-0.3, -0.25) is 4.79 Å². The Balaban J connectivity index is 2.24. The molecule has 1 aliphatic rings. The smallest absolute Gasteiger partial charge is 0.325 e. The van der Waals surface area contributed by atoms with E-state index in [0.717, 1.165) is 13.0 Å². The molecule has 5 heteroatoms. The molecule has 1 unspecified atom stereocenters. The largest absolute Gasteiger partial charge is 0.468 e. The van der Waals surface area contributed by atoms with Crippen molar-refractivity contribution in [2.24, 2.45) is 0 Å². The van der Waals surface area contributed by atoms with Gasteiger partial charge < -0.3 is 19.5 Å². The maximum atomic E-state index is 11.7. The Kier molecular flexibility index (Phi) is 5.88. The molecule has 5 nitrogen and oxygen atoms in total. The van der Waals surface area contributed by atoms with Crippen LogP contribution in [0, 0.1) is 0 Å². The first-order valence-electron chi connectivity index (χ1n) is 6.15. The molecule has 0 aromatic rings. The quantitative estimate of drug-likeness (QED) is 0.504. The molecular weight excluding hydrogens is 222 g/mol. The molecule has 0 spiro atoms. The van der Waals surface area contributed by atoms with Crippen molar-refractivity contribution < 1.29 is 19.0 Å². The monoisotopic (exact) mass is 245 g/mol. The van der Waals surface area contributed by atoms with E-state index in [9.17, 15) is 4.79 Å². The summed E-state index contributed by atoms with van der Waals surface area (Å²) in [5, 5.41) is 3.17. The molecule has 1 rings (SSSR count). The summed E-state index contributed by atoms with van der Waals surface area (Å²) in [5.74, 6) is -0.216. The number of hydrogen-bond donors (Lipinski definition) is 1. The van der Waals surface area contributed by atoms with E-state index >= 15 is 0 Å². The lowest BCUT2D eigenvalue weighted by Gasteiger charge is -2.29. The van der Waals surface area contributed by atoms with E-state index in [4.69, 9.17) is 14.2 Å². The maximum Gasteiger partial charge on any atom is 0.325 e. The van der Waals surface area contributed by atoms with Crippen LogP contribution in [0.3, 0.4) is 0 Å². The van der Waals surface area contributed by atoms with Crippen molar-refractivity contribution in [3.05, 3.63) is 0 Å². The van der Waals surface area contributed by atoms with Gasteiger partial charge in [-0.05, 0) is 26.3 Å². The minimum atomic E-state index is -0.608. The van der Waals surface area contributed by atoms with E-state index in [2.05, 4.69) is 5.32 Å². The fraction of sp³-hybridized carbons (Fsp3) is 0.917. The van der Waals surface area contributed by atoms with Crippen LogP contribution >= 0.6 is 0 Å². The number of esters is 1. The molecule has 1 N–H and O–H groups in total. The first-order valence-corrected chi connectivity index (χ1v) is 6.15. The van der Waals surface area contributed by atoms with Crippen LogP contribution in [-0.2, 0) is 19.0 Å². The van der Waals surface area contributed by atoms with Gasteiger partial charge in [0.25, 0.3) is 0 Å². The van der Waals surface area contributed by atoms with Crippen molar-refractivity contribution >= 4 is 5.97 Å². The predicted octanol–water partition coefficient (Wildman–Crippen LogP) is 0.723. The van der Waals surface area contributed by atoms with Crippen LogP contribution in [0.4, 0.5) is 0 Å². The van der Waals surface area contributed by atoms with Gasteiger partial charge in [-0.1, -0.05) is 6.92 Å². The van der Waals surface area contributed by atoms with Crippen LogP contribution < -0.4 is 5.32 Å². The highest BCUT2D eigenvalue weighted by molar-refractivity contribution is 5.80. The molecule has 17 heavy (non-hydrogen) atoms. The molecule has 0 saturated carbocycles. The van der Waals surface area contributed by atoms with Crippen LogP contribution in [-0.4, -0.2) is 51.1 Å². The van der Waals surface area contributed by atoms with E-state index in [1.807, 2.05) is 13.8 Å². The van der Waals surface area contributed by atoms with E-state index in [1.165, 1.54) is 7.11 Å². The minimum Gasteiger partial charge on any atom is -0.468 e. The molecule has 0 aliphatic carbocycles. The third-order valence-corrected chi connectivity index (χ3v) is 2.99. The van der Waals surface area contributed by atoms with Crippen molar-refractivity contribution in [1.29, 1.82) is 0 Å². The fourth-order valence-electron chi connectivity index (χ4n) is 1.86. The van der Waals surface area contributed by atoms with Gasteiger partial charge in [0, 0.05) is 6.61 Å². The summed E-state index contributed by atoms with van der Waals surface area (Å²) in [6, 6.07) is 0. The Bertz CT molecular complexity index is 243. The number of likely N-dealkylation sites (N-methyl/N-ethyl adjacent to an activating group) is 1. The Morgan fingerprint density at radius 1 is 1.53 bits per heavy atom. The van der Waals surface area contributed by atoms with Crippen LogP contribution in [0.2, 0.25) is 0 Å². The lowest BCUT2D eigenvalue weighted by Crippen LogP contribution is -2.50. The van der Waals surface area contributed by atoms with Gasteiger partial charge in [-0.15, -0.1) is 0 Å². The van der Waals surface area contributed by atoms with Crippen LogP contribution in [0.1, 0.15) is 26.7 Å². The number of nitrogens with one attached hydrogen (secondary N) is 1. The van der Waals surface area contributed by atoms with Crippen LogP contribution in [0.25, 0.3) is 0 Å². The predicted molar refractivity (Wildman–Crippen MR) is 63.9 cm³/mol. The standard InChI is InChI=1S/C12H23NO4/c1-4-13-12(2,11(14)15-3)6-5-7-17-10-8-16-9-10/h10,13H,4-9H2,1-3H3. The van der Waals surface area contributed by atoms with Gasteiger partial charge >= 0.3 is 5.97 Å². The average molecular weight is 245 g/mol. The lowest BCUT2D eigenvalue weighted by molar-refractivity contribution is -0.149. The Morgan fingerprint density at radius 3 is 2.71 bits per heavy atom. The third-order valence-electron chi connectivity index (χ3n) is 2.99. The van der Waals surface area contributed by atoms with Crippen molar-refractivity contribution in [2.75, 3.05) is 33.5 Å². The van der Waals surface area contributed by atoms with Gasteiger partial charge in [0.05, 0.1) is 20.3 Å². The number of carbonyl (C=O) groups is 1. The highest BCUT2D eigenvalue weighted by Crippen LogP contribution is 2.15. The molecule has 0 aromatic carbocycles. The van der Waals surface area contributed by atoms with E-state index in [-0.39, 0.29) is 12.1 Å². The molecule has 1 saturated heterocycles. The third kappa shape index (κ3) is 4.26. The number of carbonyl (C=O) groups excluding carboxylic acids is 1. The summed E-state index contributed by atoms with van der Waals surface area (Å²) >= 11 is 0. The zero-order valence-corrected chi connectivity index (χ0v) is 11.0. The topological polar surface area (TPSA) is 56.8 Å². The summed E-state index contributed by atoms with van der Waals surface area (Å²) in [6.45, 7) is 6.63. The number of hydrogen-bond acceptors (Lipinski definition) is 5. The zero-order valence-electron chi connectivity index (χ0n) is 11.0. The summed E-state index contributed by atoms with van der Waals surface area (Å²) in [7, 11) is 1.42. The van der Waals surface area contributed by atoms with Crippen LogP contribution in [0.15, 0.2) is 0 Å². The van der Waals surface area contributed by atoms with Gasteiger partial charge in [0.1, 0.15) is 11.6 Å². The highest BCUT2D eigenvalue weighted by Gasteiger charge is 2.32. The van der Waals surface area contributed by atoms with Gasteiger partial charge in [0.15, 0.2) is 0 Å². The number of rotatable bonds is 8. The maximum absolute atomic E-state index is 11.7. The number of methoxy groups -OCH3 is 1. The molecule has 0 bridgehead atoms. The highest BCUT2D eigenvalue weighted by atomic mass is 16.6. The van der Waals surface area contributed by atoms with Gasteiger partial charge in [-0.2, -0.15) is 0 Å². The second-order valence-corrected chi connectivity index (χ2v) is 4.49. The van der Waals surface area contributed by atoms with E-state index in [1.54, 1.807) is 0 Å². The first-order chi connectivity index (χ1) is 8.12. The van der Waals surface area contributed by atoms with E-state index < -0.39 is 5.54 Å². The molecule has 0 aromatic heterocycles. The van der Waals surface area contributed by atoms with Crippen molar-refractivity contribution in [3.63, 3.8) is 0 Å².